The van der Waals surface area contributed by atoms with Gasteiger partial charge in [-0.05, 0) is 62.2 Å². The van der Waals surface area contributed by atoms with Crippen LogP contribution < -0.4 is 14.4 Å². The molecule has 0 unspecified atom stereocenters. The zero-order valence-electron chi connectivity index (χ0n) is 20.1. The van der Waals surface area contributed by atoms with Crippen LogP contribution in [0.4, 0.5) is 5.69 Å². The maximum atomic E-state index is 13.5. The molecule has 0 aliphatic rings. The van der Waals surface area contributed by atoms with Crippen molar-refractivity contribution in [1.82, 2.24) is 10.2 Å². The highest BCUT2D eigenvalue weighted by molar-refractivity contribution is 7.92. The van der Waals surface area contributed by atoms with Crippen molar-refractivity contribution in [1.29, 1.82) is 0 Å². The van der Waals surface area contributed by atoms with E-state index in [9.17, 15) is 18.0 Å². The van der Waals surface area contributed by atoms with E-state index >= 15 is 0 Å². The standard InChI is InChI=1S/C24H32ClN3O5S/c1-6-17(2)26-24(30)18(3)27(15-19-8-7-9-22(14-19)33-4)23(29)16-28(34(5,31)32)21-12-10-20(25)11-13-21/h7-14,17-18H,6,15-16H2,1-5H3,(H,26,30)/t17-,18+/m1/s1. The summed E-state index contributed by atoms with van der Waals surface area (Å²) >= 11 is 5.93. The van der Waals surface area contributed by atoms with Gasteiger partial charge in [0.05, 0.1) is 19.1 Å². The number of hydrogen-bond acceptors (Lipinski definition) is 5. The molecule has 2 atom stereocenters. The fourth-order valence-electron chi connectivity index (χ4n) is 3.24. The average molecular weight is 510 g/mol. The summed E-state index contributed by atoms with van der Waals surface area (Å²) in [6, 6.07) is 12.4. The Hall–Kier alpha value is -2.78. The first kappa shape index (κ1) is 27.5. The number of ether oxygens (including phenoxy) is 1. The molecule has 1 N–H and O–H groups in total. The number of benzene rings is 2. The third-order valence-electron chi connectivity index (χ3n) is 5.45. The number of hydrogen-bond donors (Lipinski definition) is 1. The van der Waals surface area contributed by atoms with Gasteiger partial charge in [-0.15, -0.1) is 0 Å². The molecule has 0 spiro atoms. The molecule has 0 fully saturated rings. The molecular weight excluding hydrogens is 478 g/mol. The van der Waals surface area contributed by atoms with Gasteiger partial charge in [0.25, 0.3) is 0 Å². The number of rotatable bonds is 11. The predicted octanol–water partition coefficient (Wildman–Crippen LogP) is 3.45. The van der Waals surface area contributed by atoms with Crippen molar-refractivity contribution in [3.63, 3.8) is 0 Å². The summed E-state index contributed by atoms with van der Waals surface area (Å²) < 4.78 is 31.3. The van der Waals surface area contributed by atoms with Crippen LogP contribution in [0.15, 0.2) is 48.5 Å². The van der Waals surface area contributed by atoms with Gasteiger partial charge in [-0.2, -0.15) is 0 Å². The maximum absolute atomic E-state index is 13.5. The fraction of sp³-hybridized carbons (Fsp3) is 0.417. The Balaban J connectivity index is 2.39. The molecule has 0 saturated heterocycles. The molecule has 0 bridgehead atoms. The Morgan fingerprint density at radius 3 is 2.32 bits per heavy atom. The average Bonchev–Trinajstić information content (AvgIpc) is 2.80. The minimum absolute atomic E-state index is 0.0645. The van der Waals surface area contributed by atoms with E-state index in [4.69, 9.17) is 16.3 Å². The van der Waals surface area contributed by atoms with Crippen molar-refractivity contribution < 1.29 is 22.7 Å². The summed E-state index contributed by atoms with van der Waals surface area (Å²) in [4.78, 5) is 27.7. The number of carbonyl (C=O) groups is 2. The molecule has 2 aromatic carbocycles. The van der Waals surface area contributed by atoms with Crippen LogP contribution in [-0.4, -0.2) is 57.1 Å². The maximum Gasteiger partial charge on any atom is 0.244 e. The Morgan fingerprint density at radius 2 is 1.76 bits per heavy atom. The number of halogens is 1. The molecule has 0 heterocycles. The smallest absolute Gasteiger partial charge is 0.244 e. The molecule has 0 aliphatic carbocycles. The zero-order chi connectivity index (χ0) is 25.5. The van der Waals surface area contributed by atoms with Crippen molar-refractivity contribution in [3.05, 3.63) is 59.1 Å². The lowest BCUT2D eigenvalue weighted by atomic mass is 10.1. The lowest BCUT2D eigenvalue weighted by Crippen LogP contribution is -2.52. The Morgan fingerprint density at radius 1 is 1.12 bits per heavy atom. The van der Waals surface area contributed by atoms with Crippen LogP contribution >= 0.6 is 11.6 Å². The SMILES string of the molecule is CC[C@@H](C)NC(=O)[C@H](C)N(Cc1cccc(OC)c1)C(=O)CN(c1ccc(Cl)cc1)S(C)(=O)=O. The van der Waals surface area contributed by atoms with Gasteiger partial charge in [0.1, 0.15) is 18.3 Å². The summed E-state index contributed by atoms with van der Waals surface area (Å²) in [5, 5.41) is 3.33. The lowest BCUT2D eigenvalue weighted by Gasteiger charge is -2.32. The third kappa shape index (κ3) is 7.63. The number of amides is 2. The summed E-state index contributed by atoms with van der Waals surface area (Å²) in [6.45, 7) is 5.09. The molecule has 0 radical (unpaired) electrons. The molecule has 2 amide bonds. The Kier molecular flexibility index (Phi) is 9.76. The van der Waals surface area contributed by atoms with Crippen molar-refractivity contribution in [2.45, 2.75) is 45.8 Å². The van der Waals surface area contributed by atoms with Gasteiger partial charge in [-0.3, -0.25) is 13.9 Å². The molecule has 2 rings (SSSR count). The van der Waals surface area contributed by atoms with Crippen LogP contribution in [0.2, 0.25) is 5.02 Å². The van der Waals surface area contributed by atoms with Gasteiger partial charge in [0.2, 0.25) is 21.8 Å². The largest absolute Gasteiger partial charge is 0.497 e. The van der Waals surface area contributed by atoms with Crippen LogP contribution in [0, 0.1) is 0 Å². The number of anilines is 1. The molecule has 10 heteroatoms. The number of sulfonamides is 1. The van der Waals surface area contributed by atoms with Crippen LogP contribution in [0.25, 0.3) is 0 Å². The van der Waals surface area contributed by atoms with Crippen LogP contribution in [0.5, 0.6) is 5.75 Å². The highest BCUT2D eigenvalue weighted by Gasteiger charge is 2.30. The van der Waals surface area contributed by atoms with Gasteiger partial charge in [0.15, 0.2) is 0 Å². The summed E-state index contributed by atoms with van der Waals surface area (Å²) in [7, 11) is -2.25. The second-order valence-corrected chi connectivity index (χ2v) is 10.5. The first-order chi connectivity index (χ1) is 16.0. The van der Waals surface area contributed by atoms with Gasteiger partial charge >= 0.3 is 0 Å². The fourth-order valence-corrected chi connectivity index (χ4v) is 4.21. The first-order valence-electron chi connectivity index (χ1n) is 10.9. The molecule has 0 aromatic heterocycles. The summed E-state index contributed by atoms with van der Waals surface area (Å²) in [5.41, 5.74) is 1.05. The molecule has 186 valence electrons. The Labute approximate surface area is 206 Å². The first-order valence-corrected chi connectivity index (χ1v) is 13.1. The molecule has 0 saturated carbocycles. The highest BCUT2D eigenvalue weighted by Crippen LogP contribution is 2.22. The van der Waals surface area contributed by atoms with Crippen LogP contribution in [0.3, 0.4) is 0 Å². The minimum Gasteiger partial charge on any atom is -0.497 e. The second-order valence-electron chi connectivity index (χ2n) is 8.11. The van der Waals surface area contributed by atoms with Gasteiger partial charge in [0, 0.05) is 17.6 Å². The van der Waals surface area contributed by atoms with Crippen molar-refractivity contribution in [2.75, 3.05) is 24.2 Å². The molecule has 2 aromatic rings. The Bertz CT molecular complexity index is 1090. The molecular formula is C24H32ClN3O5S. The van der Waals surface area contributed by atoms with E-state index in [1.54, 1.807) is 44.4 Å². The van der Waals surface area contributed by atoms with Crippen LogP contribution in [0.1, 0.15) is 32.8 Å². The van der Waals surface area contributed by atoms with E-state index in [2.05, 4.69) is 5.32 Å². The van der Waals surface area contributed by atoms with Gasteiger partial charge in [-0.25, -0.2) is 8.42 Å². The van der Waals surface area contributed by atoms with E-state index in [1.165, 1.54) is 17.0 Å². The van der Waals surface area contributed by atoms with Crippen molar-refractivity contribution >= 4 is 39.1 Å². The highest BCUT2D eigenvalue weighted by atomic mass is 35.5. The molecule has 34 heavy (non-hydrogen) atoms. The number of nitrogens with one attached hydrogen (secondary N) is 1. The summed E-state index contributed by atoms with van der Waals surface area (Å²) in [5.74, 6) is -0.224. The van der Waals surface area contributed by atoms with Gasteiger partial charge in [-0.1, -0.05) is 30.7 Å². The van der Waals surface area contributed by atoms with E-state index in [0.717, 1.165) is 22.5 Å². The summed E-state index contributed by atoms with van der Waals surface area (Å²) in [6.07, 6.45) is 1.76. The predicted molar refractivity (Wildman–Crippen MR) is 135 cm³/mol. The van der Waals surface area contributed by atoms with Crippen LogP contribution in [-0.2, 0) is 26.2 Å². The number of methoxy groups -OCH3 is 1. The molecule has 8 nitrogen and oxygen atoms in total. The number of nitrogens with zero attached hydrogens (tertiary/aromatic N) is 2. The second kappa shape index (κ2) is 12.1. The lowest BCUT2D eigenvalue weighted by molar-refractivity contribution is -0.139. The van der Waals surface area contributed by atoms with E-state index < -0.39 is 28.5 Å². The van der Waals surface area contributed by atoms with E-state index in [-0.39, 0.29) is 18.5 Å². The topological polar surface area (TPSA) is 96.0 Å². The van der Waals surface area contributed by atoms with E-state index in [0.29, 0.717) is 16.5 Å². The molecule has 0 aliphatic heterocycles. The van der Waals surface area contributed by atoms with Crippen molar-refractivity contribution in [3.8, 4) is 5.75 Å². The quantitative estimate of drug-likeness (QED) is 0.500. The van der Waals surface area contributed by atoms with Gasteiger partial charge < -0.3 is 15.0 Å². The zero-order valence-corrected chi connectivity index (χ0v) is 21.7. The minimum atomic E-state index is -3.79. The monoisotopic (exact) mass is 509 g/mol. The van der Waals surface area contributed by atoms with Crippen molar-refractivity contribution in [2.24, 2.45) is 0 Å². The van der Waals surface area contributed by atoms with E-state index in [1.807, 2.05) is 19.9 Å². The third-order valence-corrected chi connectivity index (χ3v) is 6.84. The number of carbonyl (C=O) groups excluding carboxylic acids is 2. The normalized spacial score (nSPS) is 13.0.